The number of quaternary nitrogens is 1. The van der Waals surface area contributed by atoms with E-state index in [-0.39, 0.29) is 29.7 Å². The molecule has 0 aromatic heterocycles. The van der Waals surface area contributed by atoms with Crippen LogP contribution in [0.5, 0.6) is 11.5 Å². The second-order valence-corrected chi connectivity index (χ2v) is 11.1. The predicted octanol–water partition coefficient (Wildman–Crippen LogP) is 1.15. The zero-order chi connectivity index (χ0) is 21.1. The van der Waals surface area contributed by atoms with Crippen LogP contribution in [0.25, 0.3) is 0 Å². The van der Waals surface area contributed by atoms with Crippen molar-refractivity contribution in [1.82, 2.24) is 0 Å². The van der Waals surface area contributed by atoms with Gasteiger partial charge >= 0.3 is 10.4 Å². The van der Waals surface area contributed by atoms with Gasteiger partial charge in [-0.25, -0.2) is 0 Å². The molecular formula is C21H26NO7S+. The Bertz CT molecular complexity index is 1080. The van der Waals surface area contributed by atoms with Crippen LogP contribution in [-0.2, 0) is 27.0 Å². The monoisotopic (exact) mass is 436 g/mol. The zero-order valence-corrected chi connectivity index (χ0v) is 17.7. The number of piperidine rings is 1. The summed E-state index contributed by atoms with van der Waals surface area (Å²) in [6, 6.07) is 3.23. The van der Waals surface area contributed by atoms with Crippen molar-refractivity contribution in [3.05, 3.63) is 23.3 Å². The van der Waals surface area contributed by atoms with Crippen LogP contribution in [0.15, 0.2) is 12.1 Å². The Hall–Kier alpha value is -1.68. The number of aliphatic hydroxyl groups is 1. The van der Waals surface area contributed by atoms with Gasteiger partial charge in [-0.15, -0.1) is 0 Å². The Morgan fingerprint density at radius 3 is 2.77 bits per heavy atom. The third kappa shape index (κ3) is 2.26. The minimum absolute atomic E-state index is 0.0437. The molecule has 5 atom stereocenters. The summed E-state index contributed by atoms with van der Waals surface area (Å²) in [5.41, 5.74) is -0.323. The number of hydrogen-bond acceptors (Lipinski definition) is 6. The summed E-state index contributed by atoms with van der Waals surface area (Å²) >= 11 is 0. The van der Waals surface area contributed by atoms with Crippen molar-refractivity contribution < 1.29 is 36.3 Å². The summed E-state index contributed by atoms with van der Waals surface area (Å²) in [6.45, 7) is 1.87. The van der Waals surface area contributed by atoms with E-state index < -0.39 is 27.5 Å². The second-order valence-electron chi connectivity index (χ2n) is 10.1. The third-order valence-electron chi connectivity index (χ3n) is 8.46. The molecule has 0 radical (unpaired) electrons. The standard InChI is InChI=1S/C21H25NO7S/c1-22(11-12-2-3-12)9-8-20-17-13-4-5-15(29-30(25,26)27)18(17)28-19(20)14(23)6-7-21(20,24)16(22)10-13/h4-5,12,16,19,24H,2-3,6-11H2,1H3/p+1/t16-,19-,20-,21+,22+/m0/s1. The maximum atomic E-state index is 13.0. The van der Waals surface area contributed by atoms with Crippen molar-refractivity contribution >= 4 is 16.2 Å². The lowest BCUT2D eigenvalue weighted by atomic mass is 9.48. The molecule has 2 N–H and O–H groups in total. The summed E-state index contributed by atoms with van der Waals surface area (Å²) in [7, 11) is -2.51. The molecule has 0 amide bonds. The van der Waals surface area contributed by atoms with Crippen LogP contribution in [-0.4, -0.2) is 66.2 Å². The van der Waals surface area contributed by atoms with Crippen LogP contribution in [0.1, 0.15) is 43.2 Å². The van der Waals surface area contributed by atoms with Gasteiger partial charge in [-0.1, -0.05) is 6.07 Å². The van der Waals surface area contributed by atoms with Gasteiger partial charge in [-0.2, -0.15) is 8.42 Å². The maximum absolute atomic E-state index is 13.0. The van der Waals surface area contributed by atoms with Crippen LogP contribution < -0.4 is 8.92 Å². The van der Waals surface area contributed by atoms with Gasteiger partial charge in [-0.05, 0) is 30.9 Å². The van der Waals surface area contributed by atoms with Gasteiger partial charge in [0, 0.05) is 30.7 Å². The number of nitrogens with zero attached hydrogens (tertiary/aromatic N) is 1. The topological polar surface area (TPSA) is 110 Å². The van der Waals surface area contributed by atoms with Crippen LogP contribution in [0, 0.1) is 5.92 Å². The lowest BCUT2D eigenvalue weighted by molar-refractivity contribution is -0.950. The minimum atomic E-state index is -4.75. The van der Waals surface area contributed by atoms with Gasteiger partial charge in [0.05, 0.1) is 25.6 Å². The van der Waals surface area contributed by atoms with Gasteiger partial charge in [-0.3, -0.25) is 9.35 Å². The molecule has 162 valence electrons. The van der Waals surface area contributed by atoms with Crippen LogP contribution >= 0.6 is 0 Å². The molecule has 3 fully saturated rings. The van der Waals surface area contributed by atoms with Crippen molar-refractivity contribution in [3.8, 4) is 11.5 Å². The van der Waals surface area contributed by atoms with E-state index in [1.165, 1.54) is 18.9 Å². The van der Waals surface area contributed by atoms with Crippen molar-refractivity contribution in [2.75, 3.05) is 20.1 Å². The molecule has 1 saturated heterocycles. The number of likely N-dealkylation sites (tertiary alicyclic amines) is 1. The van der Waals surface area contributed by atoms with Gasteiger partial charge in [0.15, 0.2) is 23.4 Å². The summed E-state index contributed by atoms with van der Waals surface area (Å²) in [4.78, 5) is 13.0. The number of carbonyl (C=O) groups is 1. The highest BCUT2D eigenvalue weighted by Crippen LogP contribution is 2.66. The number of ketones is 1. The molecule has 2 aliphatic heterocycles. The largest absolute Gasteiger partial charge is 0.477 e. The van der Waals surface area contributed by atoms with Crippen molar-refractivity contribution in [1.29, 1.82) is 0 Å². The lowest BCUT2D eigenvalue weighted by Gasteiger charge is -2.64. The number of likely N-dealkylation sites (N-methyl/N-ethyl adjacent to an activating group) is 1. The Labute approximate surface area is 175 Å². The highest BCUT2D eigenvalue weighted by Gasteiger charge is 2.76. The van der Waals surface area contributed by atoms with Gasteiger partial charge in [0.25, 0.3) is 0 Å². The summed E-state index contributed by atoms with van der Waals surface area (Å²) < 4.78 is 43.6. The van der Waals surface area contributed by atoms with Gasteiger partial charge in [0.1, 0.15) is 11.6 Å². The molecule has 3 aliphatic carbocycles. The molecule has 1 spiro atoms. The van der Waals surface area contributed by atoms with E-state index >= 15 is 0 Å². The fourth-order valence-corrected chi connectivity index (χ4v) is 7.47. The van der Waals surface area contributed by atoms with E-state index in [4.69, 9.17) is 8.92 Å². The second kappa shape index (κ2) is 5.56. The smallest absolute Gasteiger partial charge is 0.446 e. The molecule has 1 aromatic carbocycles. The first-order chi connectivity index (χ1) is 14.1. The number of hydrogen-bond donors (Lipinski definition) is 2. The summed E-state index contributed by atoms with van der Waals surface area (Å²) in [5, 5.41) is 12.3. The molecule has 9 heteroatoms. The van der Waals surface area contributed by atoms with Crippen LogP contribution in [0.4, 0.5) is 0 Å². The number of ether oxygens (including phenoxy) is 1. The lowest BCUT2D eigenvalue weighted by Crippen LogP contribution is -2.80. The quantitative estimate of drug-likeness (QED) is 0.538. The number of Topliss-reactive ketones (excluding diaryl/α,β-unsaturated/α-hetero) is 1. The van der Waals surface area contributed by atoms with E-state index in [9.17, 15) is 22.9 Å². The van der Waals surface area contributed by atoms with Crippen LogP contribution in [0.3, 0.4) is 0 Å². The number of carbonyl (C=O) groups excluding carboxylic acids is 1. The Kier molecular flexibility index (Phi) is 3.53. The Balaban J connectivity index is 1.57. The molecular weight excluding hydrogens is 410 g/mol. The van der Waals surface area contributed by atoms with Crippen molar-refractivity contribution in [2.45, 2.75) is 61.7 Å². The molecule has 2 heterocycles. The molecule has 0 unspecified atom stereocenters. The van der Waals surface area contributed by atoms with E-state index in [1.807, 2.05) is 0 Å². The van der Waals surface area contributed by atoms with E-state index in [0.717, 1.165) is 23.1 Å². The fraction of sp³-hybridized carbons (Fsp3) is 0.667. The first-order valence-corrected chi connectivity index (χ1v) is 12.0. The molecule has 30 heavy (non-hydrogen) atoms. The van der Waals surface area contributed by atoms with Crippen molar-refractivity contribution in [2.24, 2.45) is 5.92 Å². The minimum Gasteiger partial charge on any atom is -0.477 e. The van der Waals surface area contributed by atoms with Gasteiger partial charge in [0.2, 0.25) is 0 Å². The summed E-state index contributed by atoms with van der Waals surface area (Å²) in [6.07, 6.45) is 3.48. The highest BCUT2D eigenvalue weighted by atomic mass is 32.3. The average Bonchev–Trinajstić information content (AvgIpc) is 3.38. The SMILES string of the molecule is C[N@+]1(CC2CC2)CC[C@]23c4c5ccc(OS(=O)(=O)O)c4O[C@H]2C(=O)CC[C@@]3(O)[C@@H]1C5. The number of rotatable bonds is 4. The first-order valence-electron chi connectivity index (χ1n) is 10.7. The molecule has 5 aliphatic rings. The first kappa shape index (κ1) is 19.0. The van der Waals surface area contributed by atoms with E-state index in [1.54, 1.807) is 6.07 Å². The van der Waals surface area contributed by atoms with E-state index in [0.29, 0.717) is 30.7 Å². The molecule has 1 aromatic rings. The summed E-state index contributed by atoms with van der Waals surface area (Å²) in [5.74, 6) is 0.685. The fourth-order valence-electron chi connectivity index (χ4n) is 7.11. The molecule has 6 rings (SSSR count). The maximum Gasteiger partial charge on any atom is 0.446 e. The number of benzene rings is 1. The van der Waals surface area contributed by atoms with Crippen LogP contribution in [0.2, 0.25) is 0 Å². The highest BCUT2D eigenvalue weighted by molar-refractivity contribution is 7.81. The Morgan fingerprint density at radius 2 is 2.07 bits per heavy atom. The third-order valence-corrected chi connectivity index (χ3v) is 8.85. The van der Waals surface area contributed by atoms with Gasteiger partial charge < -0.3 is 18.5 Å². The van der Waals surface area contributed by atoms with Crippen molar-refractivity contribution in [3.63, 3.8) is 0 Å². The predicted molar refractivity (Wildman–Crippen MR) is 105 cm³/mol. The van der Waals surface area contributed by atoms with E-state index in [2.05, 4.69) is 7.05 Å². The average molecular weight is 437 g/mol. The zero-order valence-electron chi connectivity index (χ0n) is 16.8. The molecule has 2 bridgehead atoms. The molecule has 2 saturated carbocycles. The molecule has 8 nitrogen and oxygen atoms in total. The Morgan fingerprint density at radius 1 is 1.30 bits per heavy atom. The normalized spacial score (nSPS) is 41.2.